The monoisotopic (exact) mass is 272 g/mol. The first-order valence-corrected chi connectivity index (χ1v) is 6.88. The summed E-state index contributed by atoms with van der Waals surface area (Å²) in [5.41, 5.74) is 2.50. The van der Waals surface area contributed by atoms with Gasteiger partial charge in [0.25, 0.3) is 0 Å². The third-order valence-corrected chi connectivity index (χ3v) is 2.94. The lowest BCUT2D eigenvalue weighted by atomic mass is 10.2. The van der Waals surface area contributed by atoms with E-state index in [1.54, 1.807) is 24.8 Å². The van der Waals surface area contributed by atoms with Crippen LogP contribution in [0.3, 0.4) is 0 Å². The predicted molar refractivity (Wildman–Crippen MR) is 77.5 cm³/mol. The van der Waals surface area contributed by atoms with E-state index in [9.17, 15) is 0 Å². The van der Waals surface area contributed by atoms with Crippen molar-refractivity contribution in [3.8, 4) is 0 Å². The number of nitrogens with zero attached hydrogens (tertiary/aromatic N) is 2. The summed E-state index contributed by atoms with van der Waals surface area (Å²) in [6.45, 7) is 2.72. The Bertz CT molecular complexity index is 417. The minimum atomic E-state index is 0.640. The SMILES string of the molecule is c1cc(CCOCCOCCc2ccncc2)ccn1. The third-order valence-electron chi connectivity index (χ3n) is 2.94. The zero-order chi connectivity index (χ0) is 13.9. The van der Waals surface area contributed by atoms with Gasteiger partial charge >= 0.3 is 0 Å². The van der Waals surface area contributed by atoms with Gasteiger partial charge in [0.2, 0.25) is 0 Å². The largest absolute Gasteiger partial charge is 0.379 e. The van der Waals surface area contributed by atoms with Crippen molar-refractivity contribution in [2.75, 3.05) is 26.4 Å². The second kappa shape index (κ2) is 9.18. The summed E-state index contributed by atoms with van der Waals surface area (Å²) < 4.78 is 11.1. The van der Waals surface area contributed by atoms with E-state index in [1.807, 2.05) is 24.3 Å². The molecule has 0 saturated heterocycles. The average molecular weight is 272 g/mol. The predicted octanol–water partition coefficient (Wildman–Crippen LogP) is 2.29. The van der Waals surface area contributed by atoms with E-state index >= 15 is 0 Å². The van der Waals surface area contributed by atoms with Crippen LogP contribution in [0.15, 0.2) is 49.1 Å². The molecule has 0 spiro atoms. The molecule has 0 unspecified atom stereocenters. The van der Waals surface area contributed by atoms with E-state index in [2.05, 4.69) is 9.97 Å². The van der Waals surface area contributed by atoms with Crippen LogP contribution in [-0.2, 0) is 22.3 Å². The van der Waals surface area contributed by atoms with Crippen LogP contribution in [0.5, 0.6) is 0 Å². The Morgan fingerprint density at radius 1 is 0.600 bits per heavy atom. The molecule has 4 heteroatoms. The molecule has 0 fully saturated rings. The zero-order valence-electron chi connectivity index (χ0n) is 11.6. The van der Waals surface area contributed by atoms with Gasteiger partial charge in [-0.1, -0.05) is 0 Å². The molecule has 0 atom stereocenters. The van der Waals surface area contributed by atoms with Crippen LogP contribution in [0.25, 0.3) is 0 Å². The quantitative estimate of drug-likeness (QED) is 0.657. The van der Waals surface area contributed by atoms with Gasteiger partial charge in [-0.05, 0) is 48.2 Å². The molecule has 2 aromatic heterocycles. The van der Waals surface area contributed by atoms with Crippen molar-refractivity contribution in [2.45, 2.75) is 12.8 Å². The Labute approximate surface area is 119 Å². The van der Waals surface area contributed by atoms with Crippen LogP contribution in [-0.4, -0.2) is 36.4 Å². The number of aromatic nitrogens is 2. The van der Waals surface area contributed by atoms with Gasteiger partial charge in [0.15, 0.2) is 0 Å². The molecule has 0 bridgehead atoms. The first kappa shape index (κ1) is 14.6. The van der Waals surface area contributed by atoms with Crippen LogP contribution >= 0.6 is 0 Å². The molecule has 0 aromatic carbocycles. The van der Waals surface area contributed by atoms with E-state index in [0.29, 0.717) is 13.2 Å². The van der Waals surface area contributed by atoms with Crippen molar-refractivity contribution in [3.05, 3.63) is 60.2 Å². The number of ether oxygens (including phenoxy) is 2. The Kier molecular flexibility index (Phi) is 6.71. The third kappa shape index (κ3) is 5.91. The van der Waals surface area contributed by atoms with E-state index in [4.69, 9.17) is 9.47 Å². The Morgan fingerprint density at radius 2 is 1.00 bits per heavy atom. The highest BCUT2D eigenvalue weighted by Crippen LogP contribution is 1.99. The lowest BCUT2D eigenvalue weighted by Crippen LogP contribution is -2.08. The summed E-state index contributed by atoms with van der Waals surface area (Å²) in [6.07, 6.45) is 9.04. The molecule has 0 saturated carbocycles. The summed E-state index contributed by atoms with van der Waals surface area (Å²) in [6, 6.07) is 8.03. The first-order valence-electron chi connectivity index (χ1n) is 6.88. The van der Waals surface area contributed by atoms with Crippen LogP contribution in [0.1, 0.15) is 11.1 Å². The zero-order valence-corrected chi connectivity index (χ0v) is 11.6. The number of rotatable bonds is 9. The fourth-order valence-electron chi connectivity index (χ4n) is 1.80. The Balaban J connectivity index is 1.44. The molecule has 106 valence electrons. The second-order valence-electron chi connectivity index (χ2n) is 4.44. The van der Waals surface area contributed by atoms with Gasteiger partial charge in [0, 0.05) is 24.8 Å². The fourth-order valence-corrected chi connectivity index (χ4v) is 1.80. The molecule has 2 rings (SSSR count). The lowest BCUT2D eigenvalue weighted by molar-refractivity contribution is 0.0501. The van der Waals surface area contributed by atoms with Crippen molar-refractivity contribution in [3.63, 3.8) is 0 Å². The maximum absolute atomic E-state index is 5.53. The molecular formula is C16H20N2O2. The van der Waals surface area contributed by atoms with Crippen LogP contribution in [0, 0.1) is 0 Å². The van der Waals surface area contributed by atoms with Crippen molar-refractivity contribution < 1.29 is 9.47 Å². The van der Waals surface area contributed by atoms with Gasteiger partial charge in [-0.25, -0.2) is 0 Å². The molecule has 0 aliphatic heterocycles. The maximum Gasteiger partial charge on any atom is 0.0700 e. The molecule has 2 heterocycles. The normalized spacial score (nSPS) is 10.6. The van der Waals surface area contributed by atoms with Crippen molar-refractivity contribution in [2.24, 2.45) is 0 Å². The maximum atomic E-state index is 5.53. The highest BCUT2D eigenvalue weighted by atomic mass is 16.5. The molecule has 20 heavy (non-hydrogen) atoms. The van der Waals surface area contributed by atoms with Crippen molar-refractivity contribution >= 4 is 0 Å². The minimum Gasteiger partial charge on any atom is -0.379 e. The molecule has 2 aromatic rings. The second-order valence-corrected chi connectivity index (χ2v) is 4.44. The summed E-state index contributed by atoms with van der Waals surface area (Å²) in [5, 5.41) is 0. The van der Waals surface area contributed by atoms with Gasteiger partial charge in [-0.3, -0.25) is 9.97 Å². The smallest absolute Gasteiger partial charge is 0.0700 e. The Morgan fingerprint density at radius 3 is 1.40 bits per heavy atom. The van der Waals surface area contributed by atoms with E-state index < -0.39 is 0 Å². The van der Waals surface area contributed by atoms with Crippen LogP contribution in [0.4, 0.5) is 0 Å². The molecule has 0 N–H and O–H groups in total. The molecule has 0 aliphatic carbocycles. The topological polar surface area (TPSA) is 44.2 Å². The van der Waals surface area contributed by atoms with E-state index in [0.717, 1.165) is 26.1 Å². The molecule has 4 nitrogen and oxygen atoms in total. The van der Waals surface area contributed by atoms with Crippen molar-refractivity contribution in [1.82, 2.24) is 9.97 Å². The van der Waals surface area contributed by atoms with Gasteiger partial charge in [-0.2, -0.15) is 0 Å². The number of hydrogen-bond acceptors (Lipinski definition) is 4. The van der Waals surface area contributed by atoms with E-state index in [-0.39, 0.29) is 0 Å². The summed E-state index contributed by atoms with van der Waals surface area (Å²) in [5.74, 6) is 0. The highest BCUT2D eigenvalue weighted by Gasteiger charge is 1.94. The number of hydrogen-bond donors (Lipinski definition) is 0. The van der Waals surface area contributed by atoms with Gasteiger partial charge in [0.1, 0.15) is 0 Å². The standard InChI is InChI=1S/C16H20N2O2/c1-7-17-8-2-15(1)5-11-19-13-14-20-12-6-16-3-9-18-10-4-16/h1-4,7-10H,5-6,11-14H2. The summed E-state index contributed by atoms with van der Waals surface area (Å²) in [7, 11) is 0. The fraction of sp³-hybridized carbons (Fsp3) is 0.375. The van der Waals surface area contributed by atoms with Gasteiger partial charge < -0.3 is 9.47 Å². The number of pyridine rings is 2. The van der Waals surface area contributed by atoms with Crippen LogP contribution in [0.2, 0.25) is 0 Å². The summed E-state index contributed by atoms with van der Waals surface area (Å²) in [4.78, 5) is 7.97. The molecule has 0 amide bonds. The van der Waals surface area contributed by atoms with Crippen molar-refractivity contribution in [1.29, 1.82) is 0 Å². The molecule has 0 aliphatic rings. The van der Waals surface area contributed by atoms with Gasteiger partial charge in [0.05, 0.1) is 26.4 Å². The Hall–Kier alpha value is -1.78. The summed E-state index contributed by atoms with van der Waals surface area (Å²) >= 11 is 0. The first-order chi connectivity index (χ1) is 9.95. The lowest BCUT2D eigenvalue weighted by Gasteiger charge is -2.06. The minimum absolute atomic E-state index is 0.640. The highest BCUT2D eigenvalue weighted by molar-refractivity contribution is 5.10. The molecule has 0 radical (unpaired) electrons. The van der Waals surface area contributed by atoms with E-state index in [1.165, 1.54) is 11.1 Å². The molecular weight excluding hydrogens is 252 g/mol. The van der Waals surface area contributed by atoms with Crippen LogP contribution < -0.4 is 0 Å². The average Bonchev–Trinajstić information content (AvgIpc) is 2.52. The van der Waals surface area contributed by atoms with Gasteiger partial charge in [-0.15, -0.1) is 0 Å².